The molecule has 0 aromatic heterocycles. The second-order valence-corrected chi connectivity index (χ2v) is 6.47. The third-order valence-corrected chi connectivity index (χ3v) is 3.92. The molecule has 0 saturated heterocycles. The van der Waals surface area contributed by atoms with Crippen LogP contribution < -0.4 is 10.6 Å². The zero-order valence-corrected chi connectivity index (χ0v) is 16.1. The maximum absolute atomic E-state index is 12.1. The van der Waals surface area contributed by atoms with Gasteiger partial charge in [-0.15, -0.1) is 24.0 Å². The number of hydrogen-bond acceptors (Lipinski definition) is 2. The summed E-state index contributed by atoms with van der Waals surface area (Å²) in [7, 11) is -0.962. The fraction of sp³-hybridized carbons (Fsp3) is 0.533. The second-order valence-electron chi connectivity index (χ2n) is 4.90. The molecule has 0 aliphatic rings. The first-order chi connectivity index (χ1) is 9.63. The lowest BCUT2D eigenvalue weighted by molar-refractivity contribution is 0.657. The van der Waals surface area contributed by atoms with Gasteiger partial charge in [-0.05, 0) is 25.0 Å². The number of benzene rings is 1. The second kappa shape index (κ2) is 12.0. The van der Waals surface area contributed by atoms with Crippen molar-refractivity contribution in [3.63, 3.8) is 0 Å². The average Bonchev–Trinajstić information content (AvgIpc) is 2.45. The molecule has 0 amide bonds. The maximum atomic E-state index is 12.1. The summed E-state index contributed by atoms with van der Waals surface area (Å²) in [4.78, 5) is 5.35. The van der Waals surface area contributed by atoms with Crippen LogP contribution in [0.4, 0.5) is 0 Å². The molecule has 4 nitrogen and oxygen atoms in total. The summed E-state index contributed by atoms with van der Waals surface area (Å²) in [6, 6.07) is 9.55. The monoisotopic (exact) mass is 423 g/mol. The van der Waals surface area contributed by atoms with Crippen LogP contribution in [0.25, 0.3) is 0 Å². The minimum absolute atomic E-state index is 0. The molecule has 0 saturated carbocycles. The van der Waals surface area contributed by atoms with E-state index in [1.807, 2.05) is 37.3 Å². The van der Waals surface area contributed by atoms with Gasteiger partial charge in [-0.1, -0.05) is 32.0 Å². The molecule has 6 heteroatoms. The van der Waals surface area contributed by atoms with Crippen LogP contribution in [-0.2, 0) is 10.8 Å². The highest BCUT2D eigenvalue weighted by Gasteiger charge is 2.03. The molecule has 0 aliphatic carbocycles. The van der Waals surface area contributed by atoms with Crippen molar-refractivity contribution in [2.45, 2.75) is 25.7 Å². The van der Waals surface area contributed by atoms with E-state index in [2.05, 4.69) is 29.5 Å². The highest BCUT2D eigenvalue weighted by molar-refractivity contribution is 14.0. The van der Waals surface area contributed by atoms with Gasteiger partial charge < -0.3 is 10.6 Å². The Kier molecular flexibility index (Phi) is 11.6. The molecular weight excluding hydrogens is 397 g/mol. The number of halogens is 1. The van der Waals surface area contributed by atoms with E-state index in [0.29, 0.717) is 18.2 Å². The fourth-order valence-corrected chi connectivity index (χ4v) is 2.55. The Morgan fingerprint density at radius 2 is 1.90 bits per heavy atom. The number of hydrogen-bond donors (Lipinski definition) is 2. The summed E-state index contributed by atoms with van der Waals surface area (Å²) >= 11 is 0. The standard InChI is InChI=1S/C15H25N3OS.HI/c1-4-16-15(18-12-13(2)3)17-10-11-20(19)14-8-6-5-7-9-14;/h5-9,13H,4,10-12H2,1-3H3,(H2,16,17,18);1H. The predicted molar refractivity (Wildman–Crippen MR) is 102 cm³/mol. The largest absolute Gasteiger partial charge is 0.357 e. The summed E-state index contributed by atoms with van der Waals surface area (Å²) in [5, 5.41) is 6.41. The van der Waals surface area contributed by atoms with Crippen molar-refractivity contribution in [2.24, 2.45) is 10.9 Å². The lowest BCUT2D eigenvalue weighted by Gasteiger charge is -2.11. The molecule has 1 unspecified atom stereocenters. The molecular formula is C15H26IN3OS. The molecule has 0 bridgehead atoms. The van der Waals surface area contributed by atoms with E-state index in [1.165, 1.54) is 0 Å². The summed E-state index contributed by atoms with van der Waals surface area (Å²) in [6.07, 6.45) is 0. The van der Waals surface area contributed by atoms with Gasteiger partial charge in [0, 0.05) is 30.3 Å². The van der Waals surface area contributed by atoms with Gasteiger partial charge in [-0.25, -0.2) is 0 Å². The zero-order valence-electron chi connectivity index (χ0n) is 13.0. The van der Waals surface area contributed by atoms with E-state index in [0.717, 1.165) is 23.9 Å². The molecule has 0 aliphatic heterocycles. The van der Waals surface area contributed by atoms with Gasteiger partial charge in [0.05, 0.1) is 10.8 Å². The predicted octanol–water partition coefficient (Wildman–Crippen LogP) is 2.62. The number of aliphatic imine (C=N–C) groups is 1. The minimum Gasteiger partial charge on any atom is -0.357 e. The first kappa shape index (κ1) is 20.4. The molecule has 1 aromatic rings. The van der Waals surface area contributed by atoms with Gasteiger partial charge in [-0.2, -0.15) is 0 Å². The van der Waals surface area contributed by atoms with E-state index in [1.54, 1.807) is 0 Å². The summed E-state index contributed by atoms with van der Waals surface area (Å²) in [5.74, 6) is 1.91. The van der Waals surface area contributed by atoms with Crippen molar-refractivity contribution in [1.82, 2.24) is 10.6 Å². The molecule has 0 heterocycles. The van der Waals surface area contributed by atoms with Crippen LogP contribution in [-0.4, -0.2) is 35.6 Å². The Labute approximate surface area is 147 Å². The van der Waals surface area contributed by atoms with Crippen molar-refractivity contribution in [3.05, 3.63) is 30.3 Å². The Balaban J connectivity index is 0.00000400. The zero-order chi connectivity index (χ0) is 14.8. The quantitative estimate of drug-likeness (QED) is 0.403. The Bertz CT molecular complexity index is 438. The molecule has 1 atom stereocenters. The summed E-state index contributed by atoms with van der Waals surface area (Å²) in [6.45, 7) is 8.57. The lowest BCUT2D eigenvalue weighted by Crippen LogP contribution is -2.39. The smallest absolute Gasteiger partial charge is 0.191 e. The number of guanidine groups is 1. The van der Waals surface area contributed by atoms with Crippen LogP contribution in [0.15, 0.2) is 40.2 Å². The van der Waals surface area contributed by atoms with Gasteiger partial charge in [0.2, 0.25) is 0 Å². The Hall–Kier alpha value is -0.630. The van der Waals surface area contributed by atoms with E-state index < -0.39 is 10.8 Å². The SMILES string of the molecule is CCNC(=NCC(C)C)NCCS(=O)c1ccccc1.I. The van der Waals surface area contributed by atoms with Crippen LogP contribution in [0.2, 0.25) is 0 Å². The summed E-state index contributed by atoms with van der Waals surface area (Å²) < 4.78 is 12.1. The lowest BCUT2D eigenvalue weighted by atomic mass is 10.2. The molecule has 0 fully saturated rings. The van der Waals surface area contributed by atoms with Gasteiger partial charge in [0.25, 0.3) is 0 Å². The topological polar surface area (TPSA) is 53.5 Å². The van der Waals surface area contributed by atoms with Crippen LogP contribution in [0.1, 0.15) is 20.8 Å². The highest BCUT2D eigenvalue weighted by atomic mass is 127. The van der Waals surface area contributed by atoms with Crippen LogP contribution in [0.5, 0.6) is 0 Å². The van der Waals surface area contributed by atoms with E-state index in [4.69, 9.17) is 0 Å². The van der Waals surface area contributed by atoms with Crippen LogP contribution >= 0.6 is 24.0 Å². The molecule has 2 N–H and O–H groups in total. The molecule has 0 spiro atoms. The molecule has 1 rings (SSSR count). The van der Waals surface area contributed by atoms with Gasteiger partial charge in [-0.3, -0.25) is 9.20 Å². The van der Waals surface area contributed by atoms with E-state index >= 15 is 0 Å². The first-order valence-corrected chi connectivity index (χ1v) is 8.41. The average molecular weight is 423 g/mol. The third kappa shape index (κ3) is 9.08. The van der Waals surface area contributed by atoms with Crippen molar-refractivity contribution >= 4 is 40.7 Å². The van der Waals surface area contributed by atoms with Crippen molar-refractivity contribution in [2.75, 3.05) is 25.4 Å². The maximum Gasteiger partial charge on any atom is 0.191 e. The summed E-state index contributed by atoms with van der Waals surface area (Å²) in [5.41, 5.74) is 0. The molecule has 0 radical (unpaired) electrons. The minimum atomic E-state index is -0.962. The first-order valence-electron chi connectivity index (χ1n) is 7.09. The van der Waals surface area contributed by atoms with Gasteiger partial charge >= 0.3 is 0 Å². The normalized spacial score (nSPS) is 12.7. The number of rotatable bonds is 7. The number of nitrogens with one attached hydrogen (secondary N) is 2. The van der Waals surface area contributed by atoms with Crippen molar-refractivity contribution in [1.29, 1.82) is 0 Å². The van der Waals surface area contributed by atoms with Crippen molar-refractivity contribution in [3.8, 4) is 0 Å². The fourth-order valence-electron chi connectivity index (χ4n) is 1.57. The van der Waals surface area contributed by atoms with E-state index in [9.17, 15) is 4.21 Å². The van der Waals surface area contributed by atoms with Gasteiger partial charge in [0.1, 0.15) is 0 Å². The van der Waals surface area contributed by atoms with E-state index in [-0.39, 0.29) is 24.0 Å². The van der Waals surface area contributed by atoms with Gasteiger partial charge in [0.15, 0.2) is 5.96 Å². The molecule has 120 valence electrons. The van der Waals surface area contributed by atoms with Crippen molar-refractivity contribution < 1.29 is 4.21 Å². The Morgan fingerprint density at radius 1 is 1.24 bits per heavy atom. The van der Waals surface area contributed by atoms with Crippen LogP contribution in [0.3, 0.4) is 0 Å². The number of nitrogens with zero attached hydrogens (tertiary/aromatic N) is 1. The molecule has 1 aromatic carbocycles. The third-order valence-electron chi connectivity index (χ3n) is 2.54. The molecule has 21 heavy (non-hydrogen) atoms. The Morgan fingerprint density at radius 3 is 2.48 bits per heavy atom. The highest BCUT2D eigenvalue weighted by Crippen LogP contribution is 2.04. The van der Waals surface area contributed by atoms with Crippen LogP contribution in [0, 0.1) is 5.92 Å².